The summed E-state index contributed by atoms with van der Waals surface area (Å²) in [6.07, 6.45) is 16.1. The predicted molar refractivity (Wildman–Crippen MR) is 111 cm³/mol. The van der Waals surface area contributed by atoms with Crippen molar-refractivity contribution in [3.8, 4) is 0 Å². The van der Waals surface area contributed by atoms with Gasteiger partial charge < -0.3 is 0 Å². The highest BCUT2D eigenvalue weighted by Crippen LogP contribution is 2.06. The quantitative estimate of drug-likeness (QED) is 0.202. The van der Waals surface area contributed by atoms with Crippen molar-refractivity contribution >= 4 is 50.5 Å². The molecule has 0 nitrogen and oxygen atoms in total. The van der Waals surface area contributed by atoms with Crippen LogP contribution < -0.4 is 0 Å². The zero-order valence-electron chi connectivity index (χ0n) is 13.1. The van der Waals surface area contributed by atoms with Crippen LogP contribution in [0.25, 0.3) is 0 Å². The summed E-state index contributed by atoms with van der Waals surface area (Å²) in [6.45, 7) is 0. The van der Waals surface area contributed by atoms with Crippen molar-refractivity contribution < 1.29 is 0 Å². The Morgan fingerprint density at radius 1 is 0.250 bits per heavy atom. The Balaban J connectivity index is 0. The number of hydrogen-bond donors (Lipinski definition) is 4. The Bertz CT molecular complexity index is 110. The molecule has 0 rings (SSSR count). The maximum atomic E-state index is 4.15. The molecule has 0 aromatic heterocycles. The highest BCUT2D eigenvalue weighted by Gasteiger charge is 1.88. The second-order valence-electron chi connectivity index (χ2n) is 5.14. The van der Waals surface area contributed by atoms with Crippen molar-refractivity contribution in [2.45, 2.75) is 77.0 Å². The maximum absolute atomic E-state index is 4.15. The molecule has 0 saturated heterocycles. The third-order valence-electron chi connectivity index (χ3n) is 3.13. The van der Waals surface area contributed by atoms with E-state index in [-0.39, 0.29) is 0 Å². The summed E-state index contributed by atoms with van der Waals surface area (Å²) >= 11 is 16.6. The van der Waals surface area contributed by atoms with E-state index in [0.717, 1.165) is 23.0 Å². The van der Waals surface area contributed by atoms with Crippen LogP contribution in [-0.2, 0) is 0 Å². The second kappa shape index (κ2) is 25.4. The van der Waals surface area contributed by atoms with Gasteiger partial charge in [-0.1, -0.05) is 51.4 Å². The van der Waals surface area contributed by atoms with E-state index >= 15 is 0 Å². The van der Waals surface area contributed by atoms with Gasteiger partial charge in [0, 0.05) is 0 Å². The van der Waals surface area contributed by atoms with Gasteiger partial charge in [-0.05, 0) is 48.7 Å². The van der Waals surface area contributed by atoms with E-state index in [9.17, 15) is 0 Å². The summed E-state index contributed by atoms with van der Waals surface area (Å²) in [7, 11) is 0. The first-order valence-corrected chi connectivity index (χ1v) is 10.8. The molecule has 0 atom stereocenters. The van der Waals surface area contributed by atoms with Crippen molar-refractivity contribution in [3.05, 3.63) is 0 Å². The van der Waals surface area contributed by atoms with Gasteiger partial charge in [0.1, 0.15) is 0 Å². The van der Waals surface area contributed by atoms with Crippen molar-refractivity contribution in [2.24, 2.45) is 0 Å². The monoisotopic (exact) mass is 356 g/mol. The summed E-state index contributed by atoms with van der Waals surface area (Å²) < 4.78 is 0. The van der Waals surface area contributed by atoms with Gasteiger partial charge in [-0.15, -0.1) is 0 Å². The van der Waals surface area contributed by atoms with Crippen LogP contribution in [-0.4, -0.2) is 23.0 Å². The summed E-state index contributed by atoms with van der Waals surface area (Å²) in [5.41, 5.74) is 0. The lowest BCUT2D eigenvalue weighted by Gasteiger charge is -1.97. The minimum absolute atomic E-state index is 1.05. The molecule has 0 fully saturated rings. The number of unbranched alkanes of at least 4 members (excludes halogenated alkanes) is 10. The molecule has 0 aliphatic carbocycles. The fraction of sp³-hybridized carbons (Fsp3) is 1.00. The third-order valence-corrected chi connectivity index (χ3v) is 4.40. The molecular weight excluding hydrogens is 320 g/mol. The van der Waals surface area contributed by atoms with Crippen molar-refractivity contribution in [1.82, 2.24) is 0 Å². The van der Waals surface area contributed by atoms with E-state index < -0.39 is 0 Å². The number of rotatable bonds is 14. The molecular formula is C16H36S4. The Labute approximate surface area is 150 Å². The molecule has 0 N–H and O–H groups in total. The van der Waals surface area contributed by atoms with E-state index in [0.29, 0.717) is 0 Å². The van der Waals surface area contributed by atoms with Crippen LogP contribution in [0, 0.1) is 0 Å². The molecule has 0 spiro atoms. The summed E-state index contributed by atoms with van der Waals surface area (Å²) in [5.74, 6) is 4.19. The van der Waals surface area contributed by atoms with Gasteiger partial charge in [-0.2, -0.15) is 50.5 Å². The highest BCUT2D eigenvalue weighted by molar-refractivity contribution is 7.80. The molecule has 0 heterocycles. The zero-order chi connectivity index (χ0) is 15.3. The van der Waals surface area contributed by atoms with Crippen molar-refractivity contribution in [1.29, 1.82) is 0 Å². The first-order valence-electron chi connectivity index (χ1n) is 8.26. The number of hydrogen-bond acceptors (Lipinski definition) is 4. The van der Waals surface area contributed by atoms with Crippen LogP contribution in [0.1, 0.15) is 77.0 Å². The Morgan fingerprint density at radius 2 is 0.400 bits per heavy atom. The summed E-state index contributed by atoms with van der Waals surface area (Å²) in [4.78, 5) is 0. The van der Waals surface area contributed by atoms with Gasteiger partial charge >= 0.3 is 0 Å². The average Bonchev–Trinajstić information content (AvgIpc) is 2.47. The van der Waals surface area contributed by atoms with E-state index in [1.807, 2.05) is 0 Å². The molecule has 20 heavy (non-hydrogen) atoms. The molecule has 0 amide bonds. The molecule has 0 aliphatic heterocycles. The van der Waals surface area contributed by atoms with E-state index in [1.54, 1.807) is 0 Å². The molecule has 124 valence electrons. The topological polar surface area (TPSA) is 0 Å². The fourth-order valence-corrected chi connectivity index (χ4v) is 2.76. The van der Waals surface area contributed by atoms with Gasteiger partial charge in [-0.25, -0.2) is 0 Å². The second-order valence-corrected chi connectivity index (χ2v) is 6.93. The maximum Gasteiger partial charge on any atom is -0.00979 e. The van der Waals surface area contributed by atoms with E-state index in [4.69, 9.17) is 0 Å². The molecule has 0 saturated carbocycles. The lowest BCUT2D eigenvalue weighted by molar-refractivity contribution is 0.630. The van der Waals surface area contributed by atoms with Crippen LogP contribution in [0.5, 0.6) is 0 Å². The molecule has 4 heteroatoms. The number of thiol groups is 4. The predicted octanol–water partition coefficient (Wildman–Crippen LogP) is 6.37. The van der Waals surface area contributed by atoms with Crippen LogP contribution in [0.2, 0.25) is 0 Å². The van der Waals surface area contributed by atoms with Gasteiger partial charge in [0.05, 0.1) is 0 Å². The molecule has 0 aliphatic rings. The van der Waals surface area contributed by atoms with Gasteiger partial charge in [0.25, 0.3) is 0 Å². The van der Waals surface area contributed by atoms with Gasteiger partial charge in [0.15, 0.2) is 0 Å². The highest BCUT2D eigenvalue weighted by atomic mass is 32.1. The molecule has 0 unspecified atom stereocenters. The third kappa shape index (κ3) is 27.7. The molecule has 0 radical (unpaired) electrons. The average molecular weight is 357 g/mol. The summed E-state index contributed by atoms with van der Waals surface area (Å²) in [5, 5.41) is 0. The molecule has 0 aromatic carbocycles. The molecule has 0 aromatic rings. The SMILES string of the molecule is SCCCCCCCCS.SCCCCCCCCS. The standard InChI is InChI=1S/2C8H18S2/c2*9-7-5-3-1-2-4-6-8-10/h2*9-10H,1-8H2. The van der Waals surface area contributed by atoms with E-state index in [2.05, 4.69) is 50.5 Å². The Morgan fingerprint density at radius 3 is 0.550 bits per heavy atom. The van der Waals surface area contributed by atoms with Crippen LogP contribution in [0.3, 0.4) is 0 Å². The van der Waals surface area contributed by atoms with Crippen molar-refractivity contribution in [2.75, 3.05) is 23.0 Å². The smallest absolute Gasteiger partial charge is 0.00979 e. The summed E-state index contributed by atoms with van der Waals surface area (Å²) in [6, 6.07) is 0. The normalized spacial score (nSPS) is 10.2. The fourth-order valence-electron chi connectivity index (χ4n) is 1.86. The van der Waals surface area contributed by atoms with Crippen molar-refractivity contribution in [3.63, 3.8) is 0 Å². The van der Waals surface area contributed by atoms with Crippen LogP contribution in [0.4, 0.5) is 0 Å². The van der Waals surface area contributed by atoms with Crippen LogP contribution >= 0.6 is 50.5 Å². The van der Waals surface area contributed by atoms with E-state index in [1.165, 1.54) is 77.0 Å². The van der Waals surface area contributed by atoms with Crippen LogP contribution in [0.15, 0.2) is 0 Å². The minimum atomic E-state index is 1.05. The lowest BCUT2D eigenvalue weighted by Crippen LogP contribution is -1.81. The van der Waals surface area contributed by atoms with Gasteiger partial charge in [-0.3, -0.25) is 0 Å². The Kier molecular flexibility index (Phi) is 30.0. The lowest BCUT2D eigenvalue weighted by atomic mass is 10.1. The first-order chi connectivity index (χ1) is 9.83. The first kappa shape index (κ1) is 23.7. The molecule has 0 bridgehead atoms. The minimum Gasteiger partial charge on any atom is -0.179 e. The largest absolute Gasteiger partial charge is 0.179 e. The Hall–Kier alpha value is 1.40. The van der Waals surface area contributed by atoms with Gasteiger partial charge in [0.2, 0.25) is 0 Å². The zero-order valence-corrected chi connectivity index (χ0v) is 16.7.